The van der Waals surface area contributed by atoms with Crippen LogP contribution in [0.3, 0.4) is 0 Å². The smallest absolute Gasteiger partial charge is 0.0254 e. The predicted octanol–water partition coefficient (Wildman–Crippen LogP) is 3.08. The second kappa shape index (κ2) is 10.4. The van der Waals surface area contributed by atoms with Crippen molar-refractivity contribution in [2.24, 2.45) is 0 Å². The zero-order chi connectivity index (χ0) is 11.5. The normalized spacial score (nSPS) is 11.5. The number of nitrogens with zero attached hydrogens (tertiary/aromatic N) is 1. The van der Waals surface area contributed by atoms with Gasteiger partial charge >= 0.3 is 0 Å². The molecule has 90 valence electrons. The Kier molecular flexibility index (Phi) is 10.4. The van der Waals surface area contributed by atoms with Gasteiger partial charge in [0.2, 0.25) is 0 Å². The van der Waals surface area contributed by atoms with E-state index in [9.17, 15) is 0 Å². The highest BCUT2D eigenvalue weighted by Crippen LogP contribution is 1.99. The lowest BCUT2D eigenvalue weighted by Gasteiger charge is -2.20. The zero-order valence-corrected chi connectivity index (χ0v) is 12.6. The SMILES string of the molecule is CCCN(CCC)CC[SiH2]CC=C(C)C. The van der Waals surface area contributed by atoms with Gasteiger partial charge in [0.1, 0.15) is 0 Å². The largest absolute Gasteiger partial charge is 0.304 e. The number of rotatable bonds is 9. The maximum atomic E-state index is 2.63. The topological polar surface area (TPSA) is 3.24 Å². The Hall–Kier alpha value is -0.0831. The molecule has 0 spiro atoms. The first-order valence-electron chi connectivity index (χ1n) is 6.56. The molecule has 0 bridgehead atoms. The maximum absolute atomic E-state index is 2.63. The van der Waals surface area contributed by atoms with Crippen LogP contribution in [0.25, 0.3) is 0 Å². The molecule has 0 rings (SSSR count). The van der Waals surface area contributed by atoms with E-state index in [2.05, 4.69) is 38.7 Å². The third-order valence-corrected chi connectivity index (χ3v) is 4.07. The molecule has 0 atom stereocenters. The van der Waals surface area contributed by atoms with Crippen LogP contribution >= 0.6 is 0 Å². The Morgan fingerprint density at radius 1 is 1.07 bits per heavy atom. The van der Waals surface area contributed by atoms with E-state index < -0.39 is 0 Å². The van der Waals surface area contributed by atoms with Crippen LogP contribution < -0.4 is 0 Å². The monoisotopic (exact) mass is 227 g/mol. The van der Waals surface area contributed by atoms with Crippen LogP contribution in [-0.2, 0) is 0 Å². The lowest BCUT2D eigenvalue weighted by atomic mass is 10.3. The van der Waals surface area contributed by atoms with Crippen molar-refractivity contribution in [2.45, 2.75) is 52.6 Å². The van der Waals surface area contributed by atoms with Crippen molar-refractivity contribution in [3.05, 3.63) is 11.6 Å². The number of hydrogen-bond donors (Lipinski definition) is 0. The summed E-state index contributed by atoms with van der Waals surface area (Å²) in [5, 5.41) is 0. The molecular formula is C13H29NSi. The van der Waals surface area contributed by atoms with E-state index in [1.165, 1.54) is 50.1 Å². The summed E-state index contributed by atoms with van der Waals surface area (Å²) in [5.74, 6) is 0. The molecule has 1 nitrogen and oxygen atoms in total. The number of hydrogen-bond acceptors (Lipinski definition) is 1. The Morgan fingerprint density at radius 3 is 2.13 bits per heavy atom. The van der Waals surface area contributed by atoms with E-state index in [0.717, 1.165) is 0 Å². The first-order chi connectivity index (χ1) is 7.20. The summed E-state index contributed by atoms with van der Waals surface area (Å²) in [7, 11) is 0.174. The molecule has 0 aliphatic rings. The van der Waals surface area contributed by atoms with Crippen LogP contribution in [0.4, 0.5) is 0 Å². The molecule has 0 saturated carbocycles. The molecule has 0 N–H and O–H groups in total. The van der Waals surface area contributed by atoms with E-state index in [-0.39, 0.29) is 9.52 Å². The van der Waals surface area contributed by atoms with Gasteiger partial charge in [-0.3, -0.25) is 0 Å². The van der Waals surface area contributed by atoms with Gasteiger partial charge in [0.15, 0.2) is 0 Å². The summed E-state index contributed by atoms with van der Waals surface area (Å²) in [5.41, 5.74) is 1.49. The van der Waals surface area contributed by atoms with Gasteiger partial charge in [0, 0.05) is 9.52 Å². The van der Waals surface area contributed by atoms with Crippen LogP contribution in [0.15, 0.2) is 11.6 Å². The summed E-state index contributed by atoms with van der Waals surface area (Å²) < 4.78 is 0. The third-order valence-electron chi connectivity index (χ3n) is 2.56. The molecule has 0 aromatic carbocycles. The Labute approximate surface area is 98.8 Å². The lowest BCUT2D eigenvalue weighted by Crippen LogP contribution is -2.27. The Balaban J connectivity index is 3.48. The summed E-state index contributed by atoms with van der Waals surface area (Å²) >= 11 is 0. The van der Waals surface area contributed by atoms with Crippen molar-refractivity contribution in [2.75, 3.05) is 19.6 Å². The molecule has 0 aromatic rings. The van der Waals surface area contributed by atoms with Crippen LogP contribution in [0.5, 0.6) is 0 Å². The first kappa shape index (κ1) is 14.9. The summed E-state index contributed by atoms with van der Waals surface area (Å²) in [6.07, 6.45) is 5.02. The van der Waals surface area contributed by atoms with Crippen LogP contribution in [0.2, 0.25) is 12.1 Å². The van der Waals surface area contributed by atoms with Crippen LogP contribution in [0.1, 0.15) is 40.5 Å². The fourth-order valence-electron chi connectivity index (χ4n) is 1.84. The first-order valence-corrected chi connectivity index (χ1v) is 8.56. The van der Waals surface area contributed by atoms with Crippen molar-refractivity contribution in [3.8, 4) is 0 Å². The van der Waals surface area contributed by atoms with E-state index in [1.807, 2.05) is 0 Å². The molecule has 0 saturated heterocycles. The molecule has 0 unspecified atom stereocenters. The minimum atomic E-state index is 0.174. The van der Waals surface area contributed by atoms with Crippen molar-refractivity contribution in [1.29, 1.82) is 0 Å². The molecule has 0 fully saturated rings. The average molecular weight is 227 g/mol. The molecule has 0 aliphatic carbocycles. The molecule has 0 radical (unpaired) electrons. The molecule has 15 heavy (non-hydrogen) atoms. The quantitative estimate of drug-likeness (QED) is 0.332. The third kappa shape index (κ3) is 10.2. The highest BCUT2D eigenvalue weighted by molar-refractivity contribution is 6.36. The highest BCUT2D eigenvalue weighted by atomic mass is 28.2. The van der Waals surface area contributed by atoms with E-state index >= 15 is 0 Å². The summed E-state index contributed by atoms with van der Waals surface area (Å²) in [6.45, 7) is 12.9. The van der Waals surface area contributed by atoms with Crippen molar-refractivity contribution < 1.29 is 0 Å². The second-order valence-corrected chi connectivity index (χ2v) is 6.61. The molecule has 0 aliphatic heterocycles. The van der Waals surface area contributed by atoms with Gasteiger partial charge in [-0.25, -0.2) is 0 Å². The minimum Gasteiger partial charge on any atom is -0.304 e. The Morgan fingerprint density at radius 2 is 1.67 bits per heavy atom. The van der Waals surface area contributed by atoms with Crippen LogP contribution in [-0.4, -0.2) is 34.1 Å². The molecule has 0 aromatic heterocycles. The standard InChI is InChI=1S/C13H29NSi/c1-5-8-14(9-6-2)10-12-15-11-7-13(3)4/h7H,5-6,8-12,15H2,1-4H3. The Bertz CT molecular complexity index is 156. The number of allylic oxidation sites excluding steroid dienone is 2. The van der Waals surface area contributed by atoms with Crippen molar-refractivity contribution >= 4 is 9.52 Å². The molecule has 0 heterocycles. The van der Waals surface area contributed by atoms with Gasteiger partial charge in [-0.1, -0.05) is 25.5 Å². The molecule has 2 heteroatoms. The van der Waals surface area contributed by atoms with Gasteiger partial charge in [0.05, 0.1) is 0 Å². The zero-order valence-electron chi connectivity index (χ0n) is 11.2. The molecular weight excluding hydrogens is 198 g/mol. The van der Waals surface area contributed by atoms with Gasteiger partial charge in [-0.2, -0.15) is 0 Å². The minimum absolute atomic E-state index is 0.174. The second-order valence-electron chi connectivity index (χ2n) is 4.62. The fourth-order valence-corrected chi connectivity index (χ4v) is 3.58. The van der Waals surface area contributed by atoms with Crippen molar-refractivity contribution in [1.82, 2.24) is 4.90 Å². The maximum Gasteiger partial charge on any atom is 0.0254 e. The summed E-state index contributed by atoms with van der Waals surface area (Å²) in [4.78, 5) is 2.63. The van der Waals surface area contributed by atoms with Gasteiger partial charge in [0.25, 0.3) is 0 Å². The van der Waals surface area contributed by atoms with E-state index in [1.54, 1.807) is 0 Å². The average Bonchev–Trinajstić information content (AvgIpc) is 2.17. The highest BCUT2D eigenvalue weighted by Gasteiger charge is 2.01. The van der Waals surface area contributed by atoms with Crippen LogP contribution in [0, 0.1) is 0 Å². The van der Waals surface area contributed by atoms with Gasteiger partial charge < -0.3 is 4.90 Å². The van der Waals surface area contributed by atoms with Crippen molar-refractivity contribution in [3.63, 3.8) is 0 Å². The summed E-state index contributed by atoms with van der Waals surface area (Å²) in [6, 6.07) is 2.89. The fraction of sp³-hybridized carbons (Fsp3) is 0.846. The van der Waals surface area contributed by atoms with Gasteiger partial charge in [-0.15, -0.1) is 0 Å². The van der Waals surface area contributed by atoms with E-state index in [4.69, 9.17) is 0 Å². The van der Waals surface area contributed by atoms with E-state index in [0.29, 0.717) is 0 Å². The predicted molar refractivity (Wildman–Crippen MR) is 74.6 cm³/mol. The van der Waals surface area contributed by atoms with Gasteiger partial charge in [-0.05, 0) is 58.4 Å². The molecule has 0 amide bonds. The lowest BCUT2D eigenvalue weighted by molar-refractivity contribution is 0.289.